The molecule has 0 atom stereocenters. The summed E-state index contributed by atoms with van der Waals surface area (Å²) in [5.74, 6) is 1.75. The maximum absolute atomic E-state index is 5.43. The lowest BCUT2D eigenvalue weighted by molar-refractivity contribution is 0.134. The lowest BCUT2D eigenvalue weighted by atomic mass is 10.1. The van der Waals surface area contributed by atoms with E-state index >= 15 is 0 Å². The van der Waals surface area contributed by atoms with Crippen molar-refractivity contribution in [3.63, 3.8) is 0 Å². The van der Waals surface area contributed by atoms with Gasteiger partial charge < -0.3 is 20.1 Å². The van der Waals surface area contributed by atoms with Crippen molar-refractivity contribution in [2.24, 2.45) is 4.99 Å². The Morgan fingerprint density at radius 1 is 0.964 bits per heavy atom. The molecule has 0 amide bonds. The predicted molar refractivity (Wildman–Crippen MR) is 127 cm³/mol. The van der Waals surface area contributed by atoms with Crippen molar-refractivity contribution in [3.8, 4) is 5.75 Å². The van der Waals surface area contributed by atoms with Crippen LogP contribution in [0.25, 0.3) is 0 Å². The molecule has 6 heteroatoms. The van der Waals surface area contributed by atoms with E-state index in [1.54, 1.807) is 7.11 Å². The molecule has 0 aliphatic rings. The number of benzene rings is 2. The zero-order valence-corrected chi connectivity index (χ0v) is 19.4. The summed E-state index contributed by atoms with van der Waals surface area (Å²) in [5, 5.41) is 6.69. The van der Waals surface area contributed by atoms with E-state index in [2.05, 4.69) is 52.9 Å². The number of hydrogen-bond acceptors (Lipinski definition) is 3. The fourth-order valence-corrected chi connectivity index (χ4v) is 2.70. The molecule has 0 radical (unpaired) electrons. The Morgan fingerprint density at radius 2 is 1.68 bits per heavy atom. The van der Waals surface area contributed by atoms with Crippen LogP contribution < -0.4 is 15.4 Å². The number of guanidine groups is 1. The number of ether oxygens (including phenoxy) is 2. The van der Waals surface area contributed by atoms with Crippen LogP contribution in [0.5, 0.6) is 5.75 Å². The van der Waals surface area contributed by atoms with Crippen LogP contribution in [-0.4, -0.2) is 32.8 Å². The summed E-state index contributed by atoms with van der Waals surface area (Å²) in [6.07, 6.45) is 0.876. The third kappa shape index (κ3) is 8.48. The summed E-state index contributed by atoms with van der Waals surface area (Å²) in [7, 11) is 1.71. The van der Waals surface area contributed by atoms with Crippen molar-refractivity contribution in [2.75, 3.05) is 26.8 Å². The lowest BCUT2D eigenvalue weighted by Gasteiger charge is -2.13. The average molecular weight is 497 g/mol. The lowest BCUT2D eigenvalue weighted by Crippen LogP contribution is -2.38. The van der Waals surface area contributed by atoms with Gasteiger partial charge in [-0.1, -0.05) is 42.5 Å². The normalized spacial score (nSPS) is 10.9. The Balaban J connectivity index is 0.00000392. The van der Waals surface area contributed by atoms with E-state index in [1.807, 2.05) is 25.1 Å². The second-order valence-corrected chi connectivity index (χ2v) is 6.14. The van der Waals surface area contributed by atoms with Crippen molar-refractivity contribution in [1.82, 2.24) is 10.6 Å². The largest absolute Gasteiger partial charge is 0.496 e. The maximum Gasteiger partial charge on any atom is 0.191 e. The number of para-hydroxylation sites is 1. The van der Waals surface area contributed by atoms with Gasteiger partial charge in [0.05, 0.1) is 20.3 Å². The van der Waals surface area contributed by atoms with Gasteiger partial charge in [0.2, 0.25) is 0 Å². The minimum Gasteiger partial charge on any atom is -0.496 e. The number of hydrogen-bond donors (Lipinski definition) is 2. The highest BCUT2D eigenvalue weighted by atomic mass is 127. The molecule has 2 rings (SSSR count). The zero-order chi connectivity index (χ0) is 19.3. The van der Waals surface area contributed by atoms with Crippen LogP contribution in [0.4, 0.5) is 0 Å². The van der Waals surface area contributed by atoms with E-state index in [0.717, 1.165) is 37.8 Å². The second kappa shape index (κ2) is 14.2. The van der Waals surface area contributed by atoms with Gasteiger partial charge in [-0.25, -0.2) is 4.99 Å². The van der Waals surface area contributed by atoms with E-state index in [4.69, 9.17) is 9.47 Å². The van der Waals surface area contributed by atoms with Crippen molar-refractivity contribution < 1.29 is 9.47 Å². The Kier molecular flexibility index (Phi) is 12.3. The van der Waals surface area contributed by atoms with Gasteiger partial charge in [0.25, 0.3) is 0 Å². The number of rotatable bonds is 10. The van der Waals surface area contributed by atoms with Gasteiger partial charge in [0.15, 0.2) is 5.96 Å². The summed E-state index contributed by atoms with van der Waals surface area (Å²) >= 11 is 0. The third-order valence-electron chi connectivity index (χ3n) is 4.14. The van der Waals surface area contributed by atoms with Crippen LogP contribution >= 0.6 is 24.0 Å². The van der Waals surface area contributed by atoms with E-state index in [-0.39, 0.29) is 24.0 Å². The summed E-state index contributed by atoms with van der Waals surface area (Å²) in [4.78, 5) is 4.68. The summed E-state index contributed by atoms with van der Waals surface area (Å²) in [6, 6.07) is 16.5. The van der Waals surface area contributed by atoms with E-state index < -0.39 is 0 Å². The average Bonchev–Trinajstić information content (AvgIpc) is 2.71. The van der Waals surface area contributed by atoms with Crippen LogP contribution in [0.15, 0.2) is 53.5 Å². The standard InChI is InChI=1S/C22H31N3O2.HI/c1-4-23-22(24-15-14-20-8-6-7-9-21(20)26-3)25-16-18-10-12-19(13-11-18)17-27-5-2;/h6-13H,4-5,14-17H2,1-3H3,(H2,23,24,25);1H. The monoisotopic (exact) mass is 497 g/mol. The zero-order valence-electron chi connectivity index (χ0n) is 17.0. The predicted octanol–water partition coefficient (Wildman–Crippen LogP) is 4.15. The first-order valence-corrected chi connectivity index (χ1v) is 9.56. The molecular weight excluding hydrogens is 465 g/mol. The van der Waals surface area contributed by atoms with Gasteiger partial charge in [0.1, 0.15) is 5.75 Å². The summed E-state index contributed by atoms with van der Waals surface area (Å²) in [5.41, 5.74) is 3.55. The summed E-state index contributed by atoms with van der Waals surface area (Å²) in [6.45, 7) is 7.73. The van der Waals surface area contributed by atoms with Crippen LogP contribution in [0.3, 0.4) is 0 Å². The van der Waals surface area contributed by atoms with Crippen molar-refractivity contribution in [2.45, 2.75) is 33.4 Å². The molecule has 0 heterocycles. The van der Waals surface area contributed by atoms with Gasteiger partial charge in [-0.15, -0.1) is 24.0 Å². The Bertz CT molecular complexity index is 705. The molecule has 0 saturated heterocycles. The molecule has 154 valence electrons. The number of methoxy groups -OCH3 is 1. The SMILES string of the molecule is CCNC(=NCc1ccc(COCC)cc1)NCCc1ccccc1OC.I. The third-order valence-corrected chi connectivity index (χ3v) is 4.14. The van der Waals surface area contributed by atoms with Gasteiger partial charge in [0, 0.05) is 19.7 Å². The van der Waals surface area contributed by atoms with Crippen molar-refractivity contribution in [1.29, 1.82) is 0 Å². The molecule has 2 N–H and O–H groups in total. The molecule has 28 heavy (non-hydrogen) atoms. The molecule has 0 spiro atoms. The van der Waals surface area contributed by atoms with Gasteiger partial charge in [-0.3, -0.25) is 0 Å². The molecule has 0 aliphatic carbocycles. The Labute approximate surface area is 186 Å². The smallest absolute Gasteiger partial charge is 0.191 e. The first-order chi connectivity index (χ1) is 13.3. The molecule has 0 fully saturated rings. The van der Waals surface area contributed by atoms with Crippen LogP contribution in [-0.2, 0) is 24.3 Å². The number of aliphatic imine (C=N–C) groups is 1. The maximum atomic E-state index is 5.43. The van der Waals surface area contributed by atoms with Crippen molar-refractivity contribution >= 4 is 29.9 Å². The van der Waals surface area contributed by atoms with Crippen molar-refractivity contribution in [3.05, 3.63) is 65.2 Å². The minimum absolute atomic E-state index is 0. The first kappa shape index (κ1) is 24.2. The van der Waals surface area contributed by atoms with E-state index in [1.165, 1.54) is 16.7 Å². The molecule has 0 aromatic heterocycles. The molecule has 0 unspecified atom stereocenters. The Hall–Kier alpha value is -1.80. The number of nitrogens with one attached hydrogen (secondary N) is 2. The highest BCUT2D eigenvalue weighted by Gasteiger charge is 2.03. The molecule has 0 bridgehead atoms. The number of halogens is 1. The molecule has 0 aliphatic heterocycles. The highest BCUT2D eigenvalue weighted by molar-refractivity contribution is 14.0. The first-order valence-electron chi connectivity index (χ1n) is 9.56. The molecule has 2 aromatic carbocycles. The van der Waals surface area contributed by atoms with E-state index in [0.29, 0.717) is 13.2 Å². The highest BCUT2D eigenvalue weighted by Crippen LogP contribution is 2.17. The Morgan fingerprint density at radius 3 is 2.36 bits per heavy atom. The quantitative estimate of drug-likeness (QED) is 0.294. The topological polar surface area (TPSA) is 54.9 Å². The molecule has 2 aromatic rings. The molecular formula is C22H32IN3O2. The second-order valence-electron chi connectivity index (χ2n) is 6.14. The van der Waals surface area contributed by atoms with Gasteiger partial charge in [-0.05, 0) is 43.0 Å². The fourth-order valence-electron chi connectivity index (χ4n) is 2.70. The van der Waals surface area contributed by atoms with Gasteiger partial charge >= 0.3 is 0 Å². The van der Waals surface area contributed by atoms with Crippen LogP contribution in [0.2, 0.25) is 0 Å². The summed E-state index contributed by atoms with van der Waals surface area (Å²) < 4.78 is 10.8. The van der Waals surface area contributed by atoms with Crippen LogP contribution in [0, 0.1) is 0 Å². The molecule has 5 nitrogen and oxygen atoms in total. The molecule has 0 saturated carbocycles. The van der Waals surface area contributed by atoms with E-state index in [9.17, 15) is 0 Å². The van der Waals surface area contributed by atoms with Crippen LogP contribution in [0.1, 0.15) is 30.5 Å². The number of nitrogens with zero attached hydrogens (tertiary/aromatic N) is 1. The fraction of sp³-hybridized carbons (Fsp3) is 0.409. The minimum atomic E-state index is 0. The van der Waals surface area contributed by atoms with Gasteiger partial charge in [-0.2, -0.15) is 0 Å².